The number of hydrogen-bond donors (Lipinski definition) is 1. The molecule has 1 aliphatic heterocycles. The highest BCUT2D eigenvalue weighted by atomic mass is 16.5. The number of hydrogen-bond acceptors (Lipinski definition) is 5. The van der Waals surface area contributed by atoms with E-state index in [0.29, 0.717) is 35.7 Å². The number of carbonyl (C=O) groups excluding carboxylic acids is 3. The maximum atomic E-state index is 13.3. The molecule has 0 saturated heterocycles. The summed E-state index contributed by atoms with van der Waals surface area (Å²) in [6.45, 7) is 6.51. The third-order valence-electron chi connectivity index (χ3n) is 6.15. The molecule has 2 aromatic rings. The molecule has 2 aromatic carbocycles. The number of fused-ring (bicyclic) bond motifs is 1. The molecular formula is C26H33N3O5. The molecule has 0 radical (unpaired) electrons. The van der Waals surface area contributed by atoms with E-state index in [1.807, 2.05) is 19.9 Å². The number of amides is 3. The first-order chi connectivity index (χ1) is 16.2. The number of nitrogens with zero attached hydrogens (tertiary/aromatic N) is 2. The van der Waals surface area contributed by atoms with Crippen LogP contribution in [-0.2, 0) is 9.53 Å². The summed E-state index contributed by atoms with van der Waals surface area (Å²) in [5, 5.41) is 2.85. The van der Waals surface area contributed by atoms with Crippen molar-refractivity contribution < 1.29 is 23.9 Å². The van der Waals surface area contributed by atoms with Crippen LogP contribution in [0.15, 0.2) is 48.5 Å². The lowest BCUT2D eigenvalue weighted by atomic mass is 10.0. The Morgan fingerprint density at radius 3 is 2.44 bits per heavy atom. The summed E-state index contributed by atoms with van der Waals surface area (Å²) in [5.74, 6) is -0.155. The van der Waals surface area contributed by atoms with Gasteiger partial charge in [0.25, 0.3) is 11.8 Å². The quantitative estimate of drug-likeness (QED) is 0.748. The van der Waals surface area contributed by atoms with Gasteiger partial charge in [-0.1, -0.05) is 25.1 Å². The van der Waals surface area contributed by atoms with E-state index in [0.717, 1.165) is 0 Å². The Bertz CT molecular complexity index is 1030. The number of carbonyl (C=O) groups is 3. The molecule has 0 bridgehead atoms. The standard InChI is InChI=1S/C26H33N3O5/c1-17-14-29(19(3)30)18(2)16-34-23-13-21(27-25(31)20-9-7-6-8-10-20)11-12-22(23)26(32)28(4)15-24(17)33-5/h6-13,17-18,24H,14-16H2,1-5H3,(H,27,31)/t17-,18+,24-/m0/s1. The summed E-state index contributed by atoms with van der Waals surface area (Å²) in [7, 11) is 3.33. The SMILES string of the molecule is CO[C@H]1CN(C)C(=O)c2ccc(NC(=O)c3ccccc3)cc2OC[C@@H](C)N(C(C)=O)C[C@@H]1C. The van der Waals surface area contributed by atoms with Crippen LogP contribution in [0.25, 0.3) is 0 Å². The van der Waals surface area contributed by atoms with Gasteiger partial charge in [-0.05, 0) is 31.2 Å². The molecule has 3 rings (SSSR count). The molecule has 0 aromatic heterocycles. The molecular weight excluding hydrogens is 434 g/mol. The van der Waals surface area contributed by atoms with E-state index >= 15 is 0 Å². The monoisotopic (exact) mass is 467 g/mol. The van der Waals surface area contributed by atoms with Gasteiger partial charge in [-0.3, -0.25) is 14.4 Å². The van der Waals surface area contributed by atoms with Crippen LogP contribution in [0.3, 0.4) is 0 Å². The topological polar surface area (TPSA) is 88.2 Å². The molecule has 3 atom stereocenters. The first-order valence-electron chi connectivity index (χ1n) is 11.4. The second kappa shape index (κ2) is 11.2. The first kappa shape index (κ1) is 25.2. The van der Waals surface area contributed by atoms with Crippen LogP contribution in [0.5, 0.6) is 5.75 Å². The van der Waals surface area contributed by atoms with Crippen LogP contribution in [0, 0.1) is 5.92 Å². The van der Waals surface area contributed by atoms with Gasteiger partial charge in [0.15, 0.2) is 0 Å². The van der Waals surface area contributed by atoms with Crippen LogP contribution >= 0.6 is 0 Å². The van der Waals surface area contributed by atoms with Crippen LogP contribution in [-0.4, -0.2) is 73.5 Å². The van der Waals surface area contributed by atoms with Crippen LogP contribution in [0.4, 0.5) is 5.69 Å². The van der Waals surface area contributed by atoms with Gasteiger partial charge in [0.05, 0.1) is 17.7 Å². The van der Waals surface area contributed by atoms with Crippen molar-refractivity contribution in [3.05, 3.63) is 59.7 Å². The third-order valence-corrected chi connectivity index (χ3v) is 6.15. The predicted molar refractivity (Wildman–Crippen MR) is 130 cm³/mol. The number of nitrogens with one attached hydrogen (secondary N) is 1. The summed E-state index contributed by atoms with van der Waals surface area (Å²) in [6, 6.07) is 13.6. The highest BCUT2D eigenvalue weighted by Gasteiger charge is 2.29. The van der Waals surface area contributed by atoms with Gasteiger partial charge in [0.1, 0.15) is 12.4 Å². The molecule has 8 heteroatoms. The summed E-state index contributed by atoms with van der Waals surface area (Å²) in [6.07, 6.45) is -0.240. The number of anilines is 1. The van der Waals surface area contributed by atoms with Crippen LogP contribution < -0.4 is 10.1 Å². The van der Waals surface area contributed by atoms with Gasteiger partial charge in [0.2, 0.25) is 5.91 Å². The summed E-state index contributed by atoms with van der Waals surface area (Å²) >= 11 is 0. The van der Waals surface area contributed by atoms with E-state index < -0.39 is 0 Å². The van der Waals surface area contributed by atoms with Crippen molar-refractivity contribution in [2.75, 3.05) is 39.2 Å². The molecule has 1 heterocycles. The molecule has 0 unspecified atom stereocenters. The zero-order valence-corrected chi connectivity index (χ0v) is 20.4. The van der Waals surface area contributed by atoms with E-state index in [4.69, 9.17) is 9.47 Å². The Morgan fingerprint density at radius 2 is 1.79 bits per heavy atom. The molecule has 0 aliphatic carbocycles. The number of methoxy groups -OCH3 is 1. The molecule has 0 saturated carbocycles. The van der Waals surface area contributed by atoms with Crippen molar-refractivity contribution >= 4 is 23.4 Å². The predicted octanol–water partition coefficient (Wildman–Crippen LogP) is 3.29. The summed E-state index contributed by atoms with van der Waals surface area (Å²) in [4.78, 5) is 41.6. The molecule has 1 aliphatic rings. The van der Waals surface area contributed by atoms with Gasteiger partial charge in [-0.25, -0.2) is 0 Å². The van der Waals surface area contributed by atoms with Crippen LogP contribution in [0.1, 0.15) is 41.5 Å². The van der Waals surface area contributed by atoms with Gasteiger partial charge >= 0.3 is 0 Å². The Labute approximate surface area is 200 Å². The lowest BCUT2D eigenvalue weighted by molar-refractivity contribution is -0.133. The largest absolute Gasteiger partial charge is 0.491 e. The van der Waals surface area contributed by atoms with Gasteiger partial charge < -0.3 is 24.6 Å². The summed E-state index contributed by atoms with van der Waals surface area (Å²) in [5.41, 5.74) is 1.41. The third kappa shape index (κ3) is 5.94. The molecule has 8 nitrogen and oxygen atoms in total. The zero-order valence-electron chi connectivity index (χ0n) is 20.4. The van der Waals surface area contributed by atoms with Crippen molar-refractivity contribution in [3.8, 4) is 5.75 Å². The van der Waals surface area contributed by atoms with E-state index in [2.05, 4.69) is 5.32 Å². The first-order valence-corrected chi connectivity index (χ1v) is 11.4. The lowest BCUT2D eigenvalue weighted by Crippen LogP contribution is -2.48. The van der Waals surface area contributed by atoms with Crippen molar-refractivity contribution in [2.45, 2.75) is 32.9 Å². The van der Waals surface area contributed by atoms with E-state index in [-0.39, 0.29) is 42.4 Å². The van der Waals surface area contributed by atoms with E-state index in [9.17, 15) is 14.4 Å². The second-order valence-electron chi connectivity index (χ2n) is 8.80. The van der Waals surface area contributed by atoms with Crippen molar-refractivity contribution in [1.29, 1.82) is 0 Å². The highest BCUT2D eigenvalue weighted by molar-refractivity contribution is 6.05. The zero-order chi connectivity index (χ0) is 24.8. The van der Waals surface area contributed by atoms with E-state index in [1.54, 1.807) is 66.4 Å². The Hall–Kier alpha value is -3.39. The molecule has 34 heavy (non-hydrogen) atoms. The smallest absolute Gasteiger partial charge is 0.257 e. The number of ether oxygens (including phenoxy) is 2. The summed E-state index contributed by atoms with van der Waals surface area (Å²) < 4.78 is 11.7. The molecule has 1 N–H and O–H groups in total. The van der Waals surface area contributed by atoms with Gasteiger partial charge in [-0.15, -0.1) is 0 Å². The minimum atomic E-state index is -0.259. The molecule has 0 fully saturated rings. The molecule has 3 amide bonds. The minimum absolute atomic E-state index is 0.0149. The fourth-order valence-electron chi connectivity index (χ4n) is 4.08. The normalized spacial score (nSPS) is 21.6. The Balaban J connectivity index is 1.93. The maximum Gasteiger partial charge on any atom is 0.257 e. The average molecular weight is 468 g/mol. The highest BCUT2D eigenvalue weighted by Crippen LogP contribution is 2.27. The minimum Gasteiger partial charge on any atom is -0.491 e. The van der Waals surface area contributed by atoms with Crippen molar-refractivity contribution in [3.63, 3.8) is 0 Å². The van der Waals surface area contributed by atoms with Gasteiger partial charge in [-0.2, -0.15) is 0 Å². The molecule has 0 spiro atoms. The Kier molecular flexibility index (Phi) is 8.28. The van der Waals surface area contributed by atoms with Crippen LogP contribution in [0.2, 0.25) is 0 Å². The van der Waals surface area contributed by atoms with Crippen molar-refractivity contribution in [2.24, 2.45) is 5.92 Å². The average Bonchev–Trinajstić information content (AvgIpc) is 2.83. The fraction of sp³-hybridized carbons (Fsp3) is 0.423. The second-order valence-corrected chi connectivity index (χ2v) is 8.80. The number of rotatable bonds is 3. The fourth-order valence-corrected chi connectivity index (χ4v) is 4.08. The Morgan fingerprint density at radius 1 is 1.09 bits per heavy atom. The number of benzene rings is 2. The van der Waals surface area contributed by atoms with E-state index in [1.165, 1.54) is 6.92 Å². The van der Waals surface area contributed by atoms with Crippen molar-refractivity contribution in [1.82, 2.24) is 9.80 Å². The molecule has 182 valence electrons. The number of likely N-dealkylation sites (N-methyl/N-ethyl adjacent to an activating group) is 1. The van der Waals surface area contributed by atoms with Gasteiger partial charge in [0, 0.05) is 57.4 Å². The maximum absolute atomic E-state index is 13.3. The lowest BCUT2D eigenvalue weighted by Gasteiger charge is -2.35.